The lowest BCUT2D eigenvalue weighted by Crippen LogP contribution is -2.25. The van der Waals surface area contributed by atoms with Crippen LogP contribution < -0.4 is 25.5 Å². The Bertz CT molecular complexity index is 1090. The lowest BCUT2D eigenvalue weighted by atomic mass is 10.1. The molecule has 0 unspecified atom stereocenters. The third-order valence-electron chi connectivity index (χ3n) is 4.63. The molecule has 0 spiro atoms. The van der Waals surface area contributed by atoms with E-state index in [4.69, 9.17) is 19.9 Å². The Kier molecular flexibility index (Phi) is 6.51. The molecule has 7 heteroatoms. The molecule has 0 aliphatic rings. The van der Waals surface area contributed by atoms with Crippen LogP contribution in [0.3, 0.4) is 0 Å². The van der Waals surface area contributed by atoms with Crippen molar-refractivity contribution >= 4 is 23.1 Å². The Morgan fingerprint density at radius 1 is 1.00 bits per heavy atom. The molecule has 0 radical (unpaired) electrons. The van der Waals surface area contributed by atoms with E-state index in [-0.39, 0.29) is 5.56 Å². The number of fused-ring (bicyclic) bond motifs is 1. The SMILES string of the molecule is COc1ccc(OC)c(C=Cc2nc3ccc(OC)cc3c(=O)n2CCCN)c1. The summed E-state index contributed by atoms with van der Waals surface area (Å²) in [6.45, 7) is 0.958. The van der Waals surface area contributed by atoms with Crippen molar-refractivity contribution < 1.29 is 14.2 Å². The normalized spacial score (nSPS) is 11.2. The maximum Gasteiger partial charge on any atom is 0.261 e. The van der Waals surface area contributed by atoms with Gasteiger partial charge in [0.05, 0.1) is 32.2 Å². The summed E-state index contributed by atoms with van der Waals surface area (Å²) in [7, 11) is 4.79. The van der Waals surface area contributed by atoms with E-state index in [1.54, 1.807) is 50.2 Å². The number of rotatable bonds is 8. The number of nitrogens with two attached hydrogens (primary N) is 1. The summed E-state index contributed by atoms with van der Waals surface area (Å²) in [6, 6.07) is 10.8. The maximum atomic E-state index is 13.1. The summed E-state index contributed by atoms with van der Waals surface area (Å²) in [5, 5.41) is 0.512. The van der Waals surface area contributed by atoms with Crippen LogP contribution in [0.25, 0.3) is 23.1 Å². The molecule has 7 nitrogen and oxygen atoms in total. The molecule has 152 valence electrons. The Morgan fingerprint density at radius 3 is 2.41 bits per heavy atom. The highest BCUT2D eigenvalue weighted by molar-refractivity contribution is 5.81. The predicted octanol–water partition coefficient (Wildman–Crippen LogP) is 2.94. The number of benzene rings is 2. The third kappa shape index (κ3) is 4.41. The molecule has 0 amide bonds. The van der Waals surface area contributed by atoms with Crippen molar-refractivity contribution in [2.24, 2.45) is 5.73 Å². The Balaban J connectivity index is 2.13. The largest absolute Gasteiger partial charge is 0.497 e. The first-order valence-electron chi connectivity index (χ1n) is 9.30. The summed E-state index contributed by atoms with van der Waals surface area (Å²) in [6.07, 6.45) is 4.33. The predicted molar refractivity (Wildman–Crippen MR) is 115 cm³/mol. The molecule has 3 rings (SSSR count). The summed E-state index contributed by atoms with van der Waals surface area (Å²) in [5.41, 5.74) is 6.97. The fourth-order valence-electron chi connectivity index (χ4n) is 3.07. The number of ether oxygens (including phenoxy) is 3. The van der Waals surface area contributed by atoms with E-state index >= 15 is 0 Å². The minimum Gasteiger partial charge on any atom is -0.497 e. The first-order valence-corrected chi connectivity index (χ1v) is 9.30. The van der Waals surface area contributed by atoms with Gasteiger partial charge in [0.15, 0.2) is 0 Å². The molecule has 2 aromatic carbocycles. The van der Waals surface area contributed by atoms with Gasteiger partial charge in [0.2, 0.25) is 0 Å². The average molecular weight is 395 g/mol. The highest BCUT2D eigenvalue weighted by Gasteiger charge is 2.11. The molecule has 0 bridgehead atoms. The number of aromatic nitrogens is 2. The highest BCUT2D eigenvalue weighted by atomic mass is 16.5. The van der Waals surface area contributed by atoms with Crippen molar-refractivity contribution in [3.63, 3.8) is 0 Å². The van der Waals surface area contributed by atoms with E-state index in [1.807, 2.05) is 24.3 Å². The molecular weight excluding hydrogens is 370 g/mol. The Hall–Kier alpha value is -3.32. The summed E-state index contributed by atoms with van der Waals surface area (Å²) in [4.78, 5) is 17.8. The summed E-state index contributed by atoms with van der Waals surface area (Å²) < 4.78 is 17.6. The van der Waals surface area contributed by atoms with Crippen molar-refractivity contribution in [2.75, 3.05) is 27.9 Å². The first-order chi connectivity index (χ1) is 14.1. The van der Waals surface area contributed by atoms with Crippen LogP contribution >= 0.6 is 0 Å². The molecule has 1 aromatic heterocycles. The molecule has 2 N–H and O–H groups in total. The van der Waals surface area contributed by atoms with Gasteiger partial charge in [-0.3, -0.25) is 9.36 Å². The summed E-state index contributed by atoms with van der Waals surface area (Å²) >= 11 is 0. The average Bonchev–Trinajstić information content (AvgIpc) is 2.76. The third-order valence-corrected chi connectivity index (χ3v) is 4.63. The minimum absolute atomic E-state index is 0.125. The van der Waals surface area contributed by atoms with Crippen molar-refractivity contribution in [3.05, 3.63) is 58.1 Å². The molecule has 0 aliphatic carbocycles. The van der Waals surface area contributed by atoms with Gasteiger partial charge in [-0.1, -0.05) is 0 Å². The lowest BCUT2D eigenvalue weighted by Gasteiger charge is -2.12. The van der Waals surface area contributed by atoms with Crippen molar-refractivity contribution in [2.45, 2.75) is 13.0 Å². The molecule has 0 saturated heterocycles. The fraction of sp³-hybridized carbons (Fsp3) is 0.273. The van der Waals surface area contributed by atoms with Crippen molar-refractivity contribution in [1.82, 2.24) is 9.55 Å². The van der Waals surface area contributed by atoms with Crippen molar-refractivity contribution in [1.29, 1.82) is 0 Å². The number of nitrogens with zero attached hydrogens (tertiary/aromatic N) is 2. The van der Waals surface area contributed by atoms with E-state index in [9.17, 15) is 4.79 Å². The van der Waals surface area contributed by atoms with Crippen LogP contribution in [0.2, 0.25) is 0 Å². The van der Waals surface area contributed by atoms with Crippen LogP contribution in [0, 0.1) is 0 Å². The molecule has 0 fully saturated rings. The molecule has 1 heterocycles. The number of hydrogen-bond acceptors (Lipinski definition) is 6. The van der Waals surface area contributed by atoms with E-state index < -0.39 is 0 Å². The zero-order chi connectivity index (χ0) is 20.8. The van der Waals surface area contributed by atoms with Crippen molar-refractivity contribution in [3.8, 4) is 17.2 Å². The lowest BCUT2D eigenvalue weighted by molar-refractivity contribution is 0.402. The van der Waals surface area contributed by atoms with Gasteiger partial charge in [-0.25, -0.2) is 4.98 Å². The Labute approximate surface area is 169 Å². The van der Waals surface area contributed by atoms with Gasteiger partial charge in [-0.2, -0.15) is 0 Å². The van der Waals surface area contributed by atoms with E-state index in [0.717, 1.165) is 5.56 Å². The van der Waals surface area contributed by atoms with Gasteiger partial charge >= 0.3 is 0 Å². The topological polar surface area (TPSA) is 88.6 Å². The molecular formula is C22H25N3O4. The van der Waals surface area contributed by atoms with E-state index in [0.29, 0.717) is 53.5 Å². The Morgan fingerprint density at radius 2 is 1.72 bits per heavy atom. The standard InChI is InChI=1S/C22H25N3O4/c1-27-16-7-9-20(29-3)15(13-16)5-10-21-24-19-8-6-17(28-2)14-18(19)22(26)25(21)12-4-11-23/h5-10,13-14H,4,11-12,23H2,1-3H3. The van der Waals surface area contributed by atoms with Crippen LogP contribution in [0.5, 0.6) is 17.2 Å². The van der Waals surface area contributed by atoms with Crippen LogP contribution in [0.4, 0.5) is 0 Å². The number of hydrogen-bond donors (Lipinski definition) is 1. The minimum atomic E-state index is -0.125. The first kappa shape index (κ1) is 20.4. The summed E-state index contributed by atoms with van der Waals surface area (Å²) in [5.74, 6) is 2.57. The fourth-order valence-corrected chi connectivity index (χ4v) is 3.07. The smallest absolute Gasteiger partial charge is 0.261 e. The monoisotopic (exact) mass is 395 g/mol. The zero-order valence-electron chi connectivity index (χ0n) is 16.8. The zero-order valence-corrected chi connectivity index (χ0v) is 16.8. The van der Waals surface area contributed by atoms with Crippen LogP contribution in [-0.2, 0) is 6.54 Å². The second-order valence-electron chi connectivity index (χ2n) is 6.39. The molecule has 0 saturated carbocycles. The quantitative estimate of drug-likeness (QED) is 0.631. The number of methoxy groups -OCH3 is 3. The van der Waals surface area contributed by atoms with Gasteiger partial charge in [0.25, 0.3) is 5.56 Å². The van der Waals surface area contributed by atoms with Gasteiger partial charge in [-0.15, -0.1) is 0 Å². The van der Waals surface area contributed by atoms with Crippen LogP contribution in [0.1, 0.15) is 17.8 Å². The molecule has 0 atom stereocenters. The van der Waals surface area contributed by atoms with E-state index in [2.05, 4.69) is 4.98 Å². The van der Waals surface area contributed by atoms with Gasteiger partial charge < -0.3 is 19.9 Å². The highest BCUT2D eigenvalue weighted by Crippen LogP contribution is 2.26. The molecule has 0 aliphatic heterocycles. The van der Waals surface area contributed by atoms with Gasteiger partial charge in [0, 0.05) is 12.1 Å². The maximum absolute atomic E-state index is 13.1. The molecule has 29 heavy (non-hydrogen) atoms. The second kappa shape index (κ2) is 9.25. The van der Waals surface area contributed by atoms with Crippen LogP contribution in [0.15, 0.2) is 41.2 Å². The van der Waals surface area contributed by atoms with Gasteiger partial charge in [0.1, 0.15) is 23.1 Å². The van der Waals surface area contributed by atoms with Gasteiger partial charge in [-0.05, 0) is 61.5 Å². The van der Waals surface area contributed by atoms with Crippen LogP contribution in [-0.4, -0.2) is 37.4 Å². The second-order valence-corrected chi connectivity index (χ2v) is 6.39. The molecule has 3 aromatic rings. The van der Waals surface area contributed by atoms with E-state index in [1.165, 1.54) is 0 Å².